The van der Waals surface area contributed by atoms with Gasteiger partial charge in [0.15, 0.2) is 0 Å². The van der Waals surface area contributed by atoms with Gasteiger partial charge in [-0.15, -0.1) is 0 Å². The molecule has 0 radical (unpaired) electrons. The Morgan fingerprint density at radius 1 is 1.08 bits per heavy atom. The van der Waals surface area contributed by atoms with Crippen molar-refractivity contribution in [2.75, 3.05) is 0 Å². The van der Waals surface area contributed by atoms with Crippen LogP contribution in [0.15, 0.2) is 18.2 Å². The van der Waals surface area contributed by atoms with E-state index >= 15 is 0 Å². The number of hydrogen-bond acceptors (Lipinski definition) is 0. The fourth-order valence-corrected chi connectivity index (χ4v) is 3.89. The molecule has 1 atom stereocenters. The van der Waals surface area contributed by atoms with Crippen molar-refractivity contribution >= 4 is 6.08 Å². The van der Waals surface area contributed by atoms with Crippen molar-refractivity contribution in [3.63, 3.8) is 0 Å². The van der Waals surface area contributed by atoms with Crippen molar-refractivity contribution < 1.29 is 22.0 Å². The highest BCUT2D eigenvalue weighted by molar-refractivity contribution is 5.52. The van der Waals surface area contributed by atoms with Gasteiger partial charge < -0.3 is 0 Å². The molecule has 25 heavy (non-hydrogen) atoms. The van der Waals surface area contributed by atoms with Crippen LogP contribution >= 0.6 is 0 Å². The largest absolute Gasteiger partial charge is 0.409 e. The van der Waals surface area contributed by atoms with Crippen molar-refractivity contribution in [3.8, 4) is 0 Å². The fourth-order valence-electron chi connectivity index (χ4n) is 3.89. The van der Waals surface area contributed by atoms with Crippen molar-refractivity contribution in [3.05, 3.63) is 41.0 Å². The van der Waals surface area contributed by atoms with Gasteiger partial charge in [-0.2, -0.15) is 13.2 Å². The zero-order valence-corrected chi connectivity index (χ0v) is 14.7. The maximum Gasteiger partial charge on any atom is 0.409 e. The predicted molar refractivity (Wildman–Crippen MR) is 90.2 cm³/mol. The van der Waals surface area contributed by atoms with Gasteiger partial charge in [0.05, 0.1) is 0 Å². The summed E-state index contributed by atoms with van der Waals surface area (Å²) in [6.45, 7) is 4.43. The molecular weight excluding hydrogens is 335 g/mol. The Morgan fingerprint density at radius 3 is 2.12 bits per heavy atom. The van der Waals surface area contributed by atoms with Crippen LogP contribution in [0.5, 0.6) is 0 Å². The fraction of sp³-hybridized carbons (Fsp3) is 0.600. The summed E-state index contributed by atoms with van der Waals surface area (Å²) < 4.78 is 64.8. The summed E-state index contributed by atoms with van der Waals surface area (Å²) in [6.07, 6.45) is 1.88. The standard InChI is InChI=1S/C20H25F5/c1-3-4-13(2)14-5-7-15(8-6-14)16-11-18(21)17(19(22)12-16)9-10-20(23,24)25/h9-15H,3-8H2,1-2H3/b10-9+. The van der Waals surface area contributed by atoms with Gasteiger partial charge in [0.1, 0.15) is 11.6 Å². The van der Waals surface area contributed by atoms with Gasteiger partial charge in [-0.05, 0) is 67.2 Å². The van der Waals surface area contributed by atoms with Gasteiger partial charge in [-0.3, -0.25) is 0 Å². The molecule has 1 aromatic carbocycles. The van der Waals surface area contributed by atoms with Crippen LogP contribution in [0.25, 0.3) is 6.08 Å². The Bertz CT molecular complexity index is 572. The number of benzene rings is 1. The Morgan fingerprint density at radius 2 is 1.64 bits per heavy atom. The Balaban J connectivity index is 2.08. The number of rotatable bonds is 5. The van der Waals surface area contributed by atoms with E-state index < -0.39 is 23.4 Å². The summed E-state index contributed by atoms with van der Waals surface area (Å²) in [7, 11) is 0. The van der Waals surface area contributed by atoms with Crippen LogP contribution < -0.4 is 0 Å². The number of alkyl halides is 3. The van der Waals surface area contributed by atoms with Gasteiger partial charge in [-0.1, -0.05) is 26.7 Å². The average molecular weight is 360 g/mol. The molecule has 140 valence electrons. The molecule has 0 N–H and O–H groups in total. The Kier molecular flexibility index (Phi) is 6.64. The quantitative estimate of drug-likeness (QED) is 0.485. The second-order valence-corrected chi connectivity index (χ2v) is 7.15. The van der Waals surface area contributed by atoms with Crippen molar-refractivity contribution in [1.82, 2.24) is 0 Å². The van der Waals surface area contributed by atoms with Crippen LogP contribution in [0.1, 0.15) is 69.4 Å². The molecule has 1 saturated carbocycles. The minimum absolute atomic E-state index is 0.0784. The average Bonchev–Trinajstić information content (AvgIpc) is 2.53. The van der Waals surface area contributed by atoms with Crippen molar-refractivity contribution in [1.29, 1.82) is 0 Å². The molecule has 0 bridgehead atoms. The lowest BCUT2D eigenvalue weighted by molar-refractivity contribution is -0.0790. The number of allylic oxidation sites excluding steroid dienone is 1. The summed E-state index contributed by atoms with van der Waals surface area (Å²) in [4.78, 5) is 0. The monoisotopic (exact) mass is 360 g/mol. The lowest BCUT2D eigenvalue weighted by Gasteiger charge is -2.32. The third-order valence-electron chi connectivity index (χ3n) is 5.33. The highest BCUT2D eigenvalue weighted by atomic mass is 19.4. The van der Waals surface area contributed by atoms with E-state index in [2.05, 4.69) is 13.8 Å². The molecule has 0 aliphatic heterocycles. The number of hydrogen-bond donors (Lipinski definition) is 0. The van der Waals surface area contributed by atoms with E-state index in [-0.39, 0.29) is 12.0 Å². The molecule has 1 aliphatic rings. The van der Waals surface area contributed by atoms with E-state index in [4.69, 9.17) is 0 Å². The first-order chi connectivity index (χ1) is 11.7. The van der Waals surface area contributed by atoms with E-state index in [1.165, 1.54) is 18.6 Å². The first-order valence-corrected chi connectivity index (χ1v) is 8.96. The van der Waals surface area contributed by atoms with Crippen LogP contribution in [-0.4, -0.2) is 6.18 Å². The molecule has 5 heteroatoms. The molecular formula is C20H25F5. The van der Waals surface area contributed by atoms with Gasteiger partial charge in [0.25, 0.3) is 0 Å². The number of halogens is 5. The summed E-state index contributed by atoms with van der Waals surface area (Å²) in [5, 5.41) is 0. The maximum atomic E-state index is 14.1. The van der Waals surface area contributed by atoms with Gasteiger partial charge in [-0.25, -0.2) is 8.78 Å². The molecule has 1 aliphatic carbocycles. The second-order valence-electron chi connectivity index (χ2n) is 7.15. The summed E-state index contributed by atoms with van der Waals surface area (Å²) in [5.41, 5.74) is -0.0768. The second kappa shape index (κ2) is 8.33. The maximum absolute atomic E-state index is 14.1. The van der Waals surface area contributed by atoms with E-state index in [1.807, 2.05) is 0 Å². The van der Waals surface area contributed by atoms with Gasteiger partial charge in [0.2, 0.25) is 0 Å². The Labute approximate surface area is 146 Å². The smallest absolute Gasteiger partial charge is 0.206 e. The third-order valence-corrected chi connectivity index (χ3v) is 5.33. The van der Waals surface area contributed by atoms with Crippen molar-refractivity contribution in [2.45, 2.75) is 64.5 Å². The molecule has 2 rings (SSSR count). The molecule has 1 fully saturated rings. The normalized spacial score (nSPS) is 23.2. The summed E-state index contributed by atoms with van der Waals surface area (Å²) in [6, 6.07) is 2.39. The summed E-state index contributed by atoms with van der Waals surface area (Å²) in [5.74, 6) is -0.474. The van der Waals surface area contributed by atoms with E-state index in [1.54, 1.807) is 0 Å². The van der Waals surface area contributed by atoms with Crippen LogP contribution in [0.4, 0.5) is 22.0 Å². The minimum atomic E-state index is -4.59. The zero-order valence-electron chi connectivity index (χ0n) is 14.7. The van der Waals surface area contributed by atoms with E-state index in [9.17, 15) is 22.0 Å². The highest BCUT2D eigenvalue weighted by Gasteiger charge is 2.27. The molecule has 0 saturated heterocycles. The zero-order chi connectivity index (χ0) is 18.6. The predicted octanol–water partition coefficient (Wildman–Crippen LogP) is 7.25. The minimum Gasteiger partial charge on any atom is -0.206 e. The van der Waals surface area contributed by atoms with Crippen LogP contribution in [0.3, 0.4) is 0 Å². The van der Waals surface area contributed by atoms with Crippen LogP contribution in [0, 0.1) is 23.5 Å². The summed E-state index contributed by atoms with van der Waals surface area (Å²) >= 11 is 0. The first-order valence-electron chi connectivity index (χ1n) is 8.96. The van der Waals surface area contributed by atoms with E-state index in [0.717, 1.165) is 32.1 Å². The molecule has 1 aromatic rings. The molecule has 0 nitrogen and oxygen atoms in total. The molecule has 0 spiro atoms. The molecule has 0 heterocycles. The van der Waals surface area contributed by atoms with E-state index in [0.29, 0.717) is 23.5 Å². The lowest BCUT2D eigenvalue weighted by Crippen LogP contribution is -2.19. The van der Waals surface area contributed by atoms with Crippen LogP contribution in [-0.2, 0) is 0 Å². The Hall–Kier alpha value is -1.39. The molecule has 0 aromatic heterocycles. The van der Waals surface area contributed by atoms with Gasteiger partial charge in [0, 0.05) is 11.6 Å². The topological polar surface area (TPSA) is 0 Å². The van der Waals surface area contributed by atoms with Crippen LogP contribution in [0.2, 0.25) is 0 Å². The SMILES string of the molecule is CCCC(C)C1CCC(c2cc(F)c(/C=C/C(F)(F)F)c(F)c2)CC1. The van der Waals surface area contributed by atoms with Gasteiger partial charge >= 0.3 is 6.18 Å². The first kappa shape index (κ1) is 19.9. The third kappa shape index (κ3) is 5.55. The molecule has 1 unspecified atom stereocenters. The molecule has 0 amide bonds. The highest BCUT2D eigenvalue weighted by Crippen LogP contribution is 2.40. The lowest BCUT2D eigenvalue weighted by atomic mass is 9.73. The van der Waals surface area contributed by atoms with Crippen molar-refractivity contribution in [2.24, 2.45) is 11.8 Å².